The molecule has 4 heterocycles. The van der Waals surface area contributed by atoms with Gasteiger partial charge in [0.1, 0.15) is 5.82 Å². The van der Waals surface area contributed by atoms with E-state index in [0.29, 0.717) is 17.1 Å². The van der Waals surface area contributed by atoms with Gasteiger partial charge in [0.15, 0.2) is 0 Å². The molecule has 6 nitrogen and oxygen atoms in total. The van der Waals surface area contributed by atoms with Gasteiger partial charge >= 0.3 is 0 Å². The van der Waals surface area contributed by atoms with Gasteiger partial charge in [-0.25, -0.2) is 4.98 Å². The lowest BCUT2D eigenvalue weighted by Crippen LogP contribution is -2.22. The van der Waals surface area contributed by atoms with Crippen LogP contribution in [0, 0.1) is 0 Å². The first-order chi connectivity index (χ1) is 13.6. The predicted octanol–water partition coefficient (Wildman–Crippen LogP) is 3.97. The number of hydrogen-bond acceptors (Lipinski definition) is 4. The number of hydrogen-bond donors (Lipinski definition) is 2. The monoisotopic (exact) mass is 398 g/mol. The largest absolute Gasteiger partial charge is 0.382 e. The SMILES string of the molecule is CC1CCc2c(ccc3c2nc(C(C)Cn2cc(Cl)cn2)n3C2CCNC2)N1. The normalized spacial score (nSPS) is 23.0. The van der Waals surface area contributed by atoms with E-state index in [-0.39, 0.29) is 5.92 Å². The Morgan fingerprint density at radius 3 is 2.96 bits per heavy atom. The molecule has 2 aromatic heterocycles. The van der Waals surface area contributed by atoms with E-state index in [1.807, 2.05) is 10.9 Å². The van der Waals surface area contributed by atoms with Crippen molar-refractivity contribution < 1.29 is 0 Å². The molecule has 3 atom stereocenters. The maximum atomic E-state index is 6.06. The van der Waals surface area contributed by atoms with Crippen molar-refractivity contribution in [2.24, 2.45) is 0 Å². The first kappa shape index (κ1) is 18.0. The van der Waals surface area contributed by atoms with Gasteiger partial charge in [-0.2, -0.15) is 5.10 Å². The molecule has 2 N–H and O–H groups in total. The van der Waals surface area contributed by atoms with Crippen LogP contribution >= 0.6 is 11.6 Å². The highest BCUT2D eigenvalue weighted by Crippen LogP contribution is 2.36. The number of anilines is 1. The first-order valence-electron chi connectivity index (χ1n) is 10.3. The van der Waals surface area contributed by atoms with Crippen LogP contribution in [0.25, 0.3) is 11.0 Å². The van der Waals surface area contributed by atoms with Crippen molar-refractivity contribution in [3.63, 3.8) is 0 Å². The van der Waals surface area contributed by atoms with Crippen LogP contribution in [0.5, 0.6) is 0 Å². The van der Waals surface area contributed by atoms with E-state index >= 15 is 0 Å². The second-order valence-electron chi connectivity index (χ2n) is 8.31. The molecule has 0 aliphatic carbocycles. The molecular weight excluding hydrogens is 372 g/mol. The van der Waals surface area contributed by atoms with E-state index in [1.165, 1.54) is 22.3 Å². The molecule has 3 aromatic rings. The van der Waals surface area contributed by atoms with Crippen LogP contribution in [0.2, 0.25) is 5.02 Å². The second kappa shape index (κ2) is 7.08. The lowest BCUT2D eigenvalue weighted by Gasteiger charge is -2.24. The summed E-state index contributed by atoms with van der Waals surface area (Å²) in [5, 5.41) is 12.2. The van der Waals surface area contributed by atoms with E-state index in [4.69, 9.17) is 16.6 Å². The Morgan fingerprint density at radius 1 is 1.32 bits per heavy atom. The van der Waals surface area contributed by atoms with Crippen LogP contribution in [-0.4, -0.2) is 38.5 Å². The third-order valence-electron chi connectivity index (χ3n) is 6.13. The number of aromatic nitrogens is 4. The summed E-state index contributed by atoms with van der Waals surface area (Å²) in [5.41, 5.74) is 5.06. The van der Waals surface area contributed by atoms with Gasteiger partial charge in [-0.15, -0.1) is 0 Å². The highest BCUT2D eigenvalue weighted by Gasteiger charge is 2.28. The van der Waals surface area contributed by atoms with Gasteiger partial charge in [0.25, 0.3) is 0 Å². The highest BCUT2D eigenvalue weighted by molar-refractivity contribution is 6.30. The molecule has 1 aromatic carbocycles. The highest BCUT2D eigenvalue weighted by atomic mass is 35.5. The summed E-state index contributed by atoms with van der Waals surface area (Å²) in [6, 6.07) is 5.48. The van der Waals surface area contributed by atoms with E-state index in [9.17, 15) is 0 Å². The summed E-state index contributed by atoms with van der Waals surface area (Å²) in [7, 11) is 0. The molecule has 0 bridgehead atoms. The fourth-order valence-corrected chi connectivity index (χ4v) is 4.87. The van der Waals surface area contributed by atoms with Crippen LogP contribution < -0.4 is 10.6 Å². The van der Waals surface area contributed by atoms with Crippen molar-refractivity contribution in [3.8, 4) is 0 Å². The van der Waals surface area contributed by atoms with Gasteiger partial charge in [-0.3, -0.25) is 4.68 Å². The standard InChI is InChI=1S/C21H27ClN6/c1-13(11-27-12-15(22)9-24-27)21-26-20-17-4-3-14(2)25-18(17)5-6-19(20)28(21)16-7-8-23-10-16/h5-6,9,12-14,16,23,25H,3-4,7-8,10-11H2,1-2H3. The summed E-state index contributed by atoms with van der Waals surface area (Å²) >= 11 is 6.06. The fourth-order valence-electron chi connectivity index (χ4n) is 4.71. The number of benzene rings is 1. The molecule has 1 fully saturated rings. The van der Waals surface area contributed by atoms with E-state index < -0.39 is 0 Å². The molecule has 28 heavy (non-hydrogen) atoms. The van der Waals surface area contributed by atoms with Gasteiger partial charge in [-0.05, 0) is 44.9 Å². The van der Waals surface area contributed by atoms with Crippen LogP contribution in [0.15, 0.2) is 24.5 Å². The van der Waals surface area contributed by atoms with Crippen LogP contribution in [-0.2, 0) is 13.0 Å². The third-order valence-corrected chi connectivity index (χ3v) is 6.32. The smallest absolute Gasteiger partial charge is 0.114 e. The second-order valence-corrected chi connectivity index (χ2v) is 8.75. The molecular formula is C21H27ClN6. The summed E-state index contributed by atoms with van der Waals surface area (Å²) in [4.78, 5) is 5.22. The van der Waals surface area contributed by atoms with Crippen molar-refractivity contribution in [3.05, 3.63) is 40.9 Å². The number of imidazole rings is 1. The van der Waals surface area contributed by atoms with Crippen LogP contribution in [0.3, 0.4) is 0 Å². The average molecular weight is 399 g/mol. The molecule has 1 saturated heterocycles. The minimum Gasteiger partial charge on any atom is -0.382 e. The molecule has 0 saturated carbocycles. The Balaban J connectivity index is 1.61. The van der Waals surface area contributed by atoms with Crippen LogP contribution in [0.1, 0.15) is 50.0 Å². The minimum absolute atomic E-state index is 0.245. The molecule has 0 amide bonds. The quantitative estimate of drug-likeness (QED) is 0.698. The van der Waals surface area contributed by atoms with Crippen LogP contribution in [0.4, 0.5) is 5.69 Å². The molecule has 3 unspecified atom stereocenters. The summed E-state index contributed by atoms with van der Waals surface area (Å²) in [6.45, 7) is 7.33. The van der Waals surface area contributed by atoms with Crippen molar-refractivity contribution in [1.29, 1.82) is 0 Å². The Bertz CT molecular complexity index is 1000. The third kappa shape index (κ3) is 3.08. The Kier molecular flexibility index (Phi) is 4.56. The molecule has 0 spiro atoms. The average Bonchev–Trinajstić information content (AvgIpc) is 3.40. The molecule has 2 aliphatic heterocycles. The Morgan fingerprint density at radius 2 is 2.21 bits per heavy atom. The van der Waals surface area contributed by atoms with Gasteiger partial charge < -0.3 is 15.2 Å². The zero-order valence-corrected chi connectivity index (χ0v) is 17.2. The fraction of sp³-hybridized carbons (Fsp3) is 0.524. The number of halogens is 1. The van der Waals surface area contributed by atoms with Crippen molar-refractivity contribution in [2.45, 2.75) is 57.7 Å². The molecule has 148 valence electrons. The lowest BCUT2D eigenvalue weighted by atomic mass is 9.97. The Hall–Kier alpha value is -2.05. The van der Waals surface area contributed by atoms with E-state index in [0.717, 1.165) is 44.7 Å². The topological polar surface area (TPSA) is 59.7 Å². The molecule has 2 aliphatic rings. The zero-order chi connectivity index (χ0) is 19.3. The number of rotatable bonds is 4. The van der Waals surface area contributed by atoms with Crippen molar-refractivity contribution >= 4 is 28.3 Å². The molecule has 7 heteroatoms. The molecule has 5 rings (SSSR count). The summed E-state index contributed by atoms with van der Waals surface area (Å²) in [6.07, 6.45) is 6.96. The zero-order valence-electron chi connectivity index (χ0n) is 16.5. The maximum Gasteiger partial charge on any atom is 0.114 e. The van der Waals surface area contributed by atoms with Crippen molar-refractivity contribution in [1.82, 2.24) is 24.6 Å². The molecule has 0 radical (unpaired) electrons. The first-order valence-corrected chi connectivity index (χ1v) is 10.7. The van der Waals surface area contributed by atoms with Gasteiger partial charge in [-0.1, -0.05) is 18.5 Å². The van der Waals surface area contributed by atoms with E-state index in [2.05, 4.69) is 46.3 Å². The lowest BCUT2D eigenvalue weighted by molar-refractivity contribution is 0.470. The predicted molar refractivity (Wildman–Crippen MR) is 113 cm³/mol. The number of fused-ring (bicyclic) bond motifs is 3. The minimum atomic E-state index is 0.245. The number of nitrogens with one attached hydrogen (secondary N) is 2. The van der Waals surface area contributed by atoms with Gasteiger partial charge in [0.05, 0.1) is 28.8 Å². The number of nitrogens with zero attached hydrogens (tertiary/aromatic N) is 4. The van der Waals surface area contributed by atoms with Gasteiger partial charge in [0, 0.05) is 42.0 Å². The number of aryl methyl sites for hydroxylation is 1. The van der Waals surface area contributed by atoms with Crippen molar-refractivity contribution in [2.75, 3.05) is 18.4 Å². The maximum absolute atomic E-state index is 6.06. The van der Waals surface area contributed by atoms with E-state index in [1.54, 1.807) is 6.20 Å². The summed E-state index contributed by atoms with van der Waals surface area (Å²) < 4.78 is 4.41. The Labute approximate surface area is 170 Å². The summed E-state index contributed by atoms with van der Waals surface area (Å²) in [5.74, 6) is 1.40. The van der Waals surface area contributed by atoms with Gasteiger partial charge in [0.2, 0.25) is 0 Å².